The maximum atomic E-state index is 11.9. The molecule has 1 saturated heterocycles. The third-order valence-corrected chi connectivity index (χ3v) is 5.89. The van der Waals surface area contributed by atoms with Crippen molar-refractivity contribution in [3.8, 4) is 0 Å². The van der Waals surface area contributed by atoms with Crippen LogP contribution in [0.5, 0.6) is 0 Å². The molecule has 0 spiro atoms. The lowest BCUT2D eigenvalue weighted by Gasteiger charge is -2.51. The highest BCUT2D eigenvalue weighted by molar-refractivity contribution is 9.10. The van der Waals surface area contributed by atoms with E-state index in [1.807, 2.05) is 6.20 Å². The quantitative estimate of drug-likeness (QED) is 0.843. The Hall–Kier alpha value is -1.67. The molecule has 7 nitrogen and oxygen atoms in total. The summed E-state index contributed by atoms with van der Waals surface area (Å²) < 4.78 is 3.04. The molecule has 122 valence electrons. The number of primary amides is 1. The molecule has 1 aliphatic carbocycles. The van der Waals surface area contributed by atoms with E-state index in [4.69, 9.17) is 11.5 Å². The number of rotatable bonds is 3. The zero-order chi connectivity index (χ0) is 16.2. The van der Waals surface area contributed by atoms with Crippen molar-refractivity contribution in [1.82, 2.24) is 19.4 Å². The minimum Gasteiger partial charge on any atom is -0.383 e. The van der Waals surface area contributed by atoms with Crippen LogP contribution in [0.4, 0.5) is 5.82 Å². The molecule has 0 radical (unpaired) electrons. The zero-order valence-electron chi connectivity index (χ0n) is 12.7. The molecule has 2 aromatic heterocycles. The number of carbonyl (C=O) groups is 1. The maximum Gasteiger partial charge on any atom is 0.234 e. The number of aromatic nitrogens is 3. The molecule has 23 heavy (non-hydrogen) atoms. The van der Waals surface area contributed by atoms with Gasteiger partial charge in [-0.05, 0) is 48.0 Å². The predicted molar refractivity (Wildman–Crippen MR) is 90.4 cm³/mol. The van der Waals surface area contributed by atoms with Crippen LogP contribution in [0.1, 0.15) is 32.1 Å². The molecule has 0 bridgehead atoms. The molecule has 1 amide bonds. The lowest BCUT2D eigenvalue weighted by Crippen LogP contribution is -2.59. The summed E-state index contributed by atoms with van der Waals surface area (Å²) in [7, 11) is 0. The minimum atomic E-state index is -0.238. The Labute approximate surface area is 142 Å². The molecular weight excluding hydrogens is 360 g/mol. The third-order valence-electron chi connectivity index (χ3n) is 5.28. The minimum absolute atomic E-state index is 0.203. The fourth-order valence-electron chi connectivity index (χ4n) is 4.08. The first-order valence-corrected chi connectivity index (χ1v) is 8.67. The number of carbonyl (C=O) groups excluding carboxylic acids is 1. The topological polar surface area (TPSA) is 103 Å². The highest BCUT2D eigenvalue weighted by Crippen LogP contribution is 2.48. The van der Waals surface area contributed by atoms with Gasteiger partial charge < -0.3 is 16.0 Å². The summed E-state index contributed by atoms with van der Waals surface area (Å²) in [6.45, 7) is 0.880. The van der Waals surface area contributed by atoms with E-state index in [-0.39, 0.29) is 17.6 Å². The van der Waals surface area contributed by atoms with Gasteiger partial charge in [-0.3, -0.25) is 9.69 Å². The number of anilines is 1. The summed E-state index contributed by atoms with van der Waals surface area (Å²) in [5, 5.41) is 0.827. The van der Waals surface area contributed by atoms with Crippen LogP contribution < -0.4 is 11.5 Å². The van der Waals surface area contributed by atoms with Gasteiger partial charge in [-0.25, -0.2) is 9.97 Å². The van der Waals surface area contributed by atoms with E-state index in [9.17, 15) is 4.79 Å². The van der Waals surface area contributed by atoms with Gasteiger partial charge in [0.15, 0.2) is 0 Å². The Kier molecular flexibility index (Phi) is 3.35. The number of nitrogens with two attached hydrogens (primary N) is 2. The Balaban J connectivity index is 1.88. The highest BCUT2D eigenvalue weighted by Gasteiger charge is 2.50. The van der Waals surface area contributed by atoms with Crippen LogP contribution in [0.25, 0.3) is 11.0 Å². The van der Waals surface area contributed by atoms with Gasteiger partial charge in [0.2, 0.25) is 5.91 Å². The van der Waals surface area contributed by atoms with Gasteiger partial charge in [-0.15, -0.1) is 0 Å². The van der Waals surface area contributed by atoms with Gasteiger partial charge in [0, 0.05) is 17.2 Å². The molecule has 4 N–H and O–H groups in total. The highest BCUT2D eigenvalue weighted by atomic mass is 79.9. The van der Waals surface area contributed by atoms with Crippen molar-refractivity contribution in [2.75, 3.05) is 12.3 Å². The number of hydrogen-bond acceptors (Lipinski definition) is 5. The molecule has 1 unspecified atom stereocenters. The van der Waals surface area contributed by atoms with Gasteiger partial charge in [0.1, 0.15) is 17.8 Å². The summed E-state index contributed by atoms with van der Waals surface area (Å²) in [4.78, 5) is 22.7. The average Bonchev–Trinajstić information content (AvgIpc) is 3.05. The van der Waals surface area contributed by atoms with E-state index in [0.29, 0.717) is 5.82 Å². The zero-order valence-corrected chi connectivity index (χ0v) is 14.3. The summed E-state index contributed by atoms with van der Waals surface area (Å²) in [6, 6.07) is -0.203. The Bertz CT molecular complexity index is 784. The van der Waals surface area contributed by atoms with Crippen LogP contribution in [-0.4, -0.2) is 37.9 Å². The molecule has 4 rings (SSSR count). The fourth-order valence-corrected chi connectivity index (χ4v) is 4.66. The Morgan fingerprint density at radius 2 is 2.13 bits per heavy atom. The van der Waals surface area contributed by atoms with E-state index in [0.717, 1.165) is 54.2 Å². The van der Waals surface area contributed by atoms with Crippen molar-refractivity contribution in [2.24, 2.45) is 5.73 Å². The van der Waals surface area contributed by atoms with Gasteiger partial charge in [0.05, 0.1) is 17.1 Å². The molecule has 1 aliphatic heterocycles. The fraction of sp³-hybridized carbons (Fsp3) is 0.533. The normalized spacial score (nSPS) is 24.0. The van der Waals surface area contributed by atoms with Gasteiger partial charge in [-0.1, -0.05) is 0 Å². The monoisotopic (exact) mass is 378 g/mol. The van der Waals surface area contributed by atoms with Crippen molar-refractivity contribution < 1.29 is 4.79 Å². The number of halogens is 1. The van der Waals surface area contributed by atoms with Crippen molar-refractivity contribution in [2.45, 2.75) is 43.8 Å². The van der Waals surface area contributed by atoms with E-state index >= 15 is 0 Å². The SMILES string of the molecule is NC(=O)C1CCCN1C1(n2cc(Br)c3c(N)ncnc32)CCC1. The van der Waals surface area contributed by atoms with Crippen LogP contribution in [0.15, 0.2) is 17.0 Å². The lowest BCUT2D eigenvalue weighted by atomic mass is 9.82. The molecule has 2 aromatic rings. The molecule has 8 heteroatoms. The Morgan fingerprint density at radius 1 is 1.35 bits per heavy atom. The van der Waals surface area contributed by atoms with Crippen LogP contribution in [-0.2, 0) is 10.5 Å². The van der Waals surface area contributed by atoms with Crippen molar-refractivity contribution >= 4 is 38.7 Å². The number of hydrogen-bond donors (Lipinski definition) is 2. The van der Waals surface area contributed by atoms with E-state index in [2.05, 4.69) is 35.4 Å². The van der Waals surface area contributed by atoms with E-state index in [1.165, 1.54) is 6.33 Å². The van der Waals surface area contributed by atoms with Crippen LogP contribution in [0.2, 0.25) is 0 Å². The molecule has 1 saturated carbocycles. The molecule has 3 heterocycles. The Morgan fingerprint density at radius 3 is 2.78 bits per heavy atom. The molecule has 1 atom stereocenters. The summed E-state index contributed by atoms with van der Waals surface area (Å²) >= 11 is 3.58. The molecule has 0 aromatic carbocycles. The van der Waals surface area contributed by atoms with Crippen molar-refractivity contribution in [1.29, 1.82) is 0 Å². The second-order valence-corrected chi connectivity index (χ2v) is 7.25. The van der Waals surface area contributed by atoms with Gasteiger partial charge in [0.25, 0.3) is 0 Å². The largest absolute Gasteiger partial charge is 0.383 e. The molecule has 2 aliphatic rings. The maximum absolute atomic E-state index is 11.9. The first-order chi connectivity index (χ1) is 11.0. The number of nitrogen functional groups attached to an aromatic ring is 1. The van der Waals surface area contributed by atoms with E-state index in [1.54, 1.807) is 0 Å². The molecular formula is C15H19BrN6O. The van der Waals surface area contributed by atoms with Crippen LogP contribution in [0, 0.1) is 0 Å². The second-order valence-electron chi connectivity index (χ2n) is 6.39. The molecule has 2 fully saturated rings. The van der Waals surface area contributed by atoms with E-state index < -0.39 is 0 Å². The number of likely N-dealkylation sites (tertiary alicyclic amines) is 1. The summed E-state index contributed by atoms with van der Waals surface area (Å²) in [5.41, 5.74) is 12.2. The first kappa shape index (κ1) is 14.9. The standard InChI is InChI=1S/C15H19BrN6O/c16-9-7-22(14-11(9)12(17)19-8-20-14)15(4-2-5-15)21-6-1-3-10(21)13(18)23/h7-8,10H,1-6H2,(H2,18,23)(H2,17,19,20). The second kappa shape index (κ2) is 5.17. The number of amides is 1. The van der Waals surface area contributed by atoms with Crippen LogP contribution >= 0.6 is 15.9 Å². The third kappa shape index (κ3) is 2.01. The smallest absolute Gasteiger partial charge is 0.234 e. The lowest BCUT2D eigenvalue weighted by molar-refractivity contribution is -0.130. The number of fused-ring (bicyclic) bond motifs is 1. The van der Waals surface area contributed by atoms with Crippen LogP contribution in [0.3, 0.4) is 0 Å². The van der Waals surface area contributed by atoms with Crippen molar-refractivity contribution in [3.05, 3.63) is 17.0 Å². The van der Waals surface area contributed by atoms with Gasteiger partial charge >= 0.3 is 0 Å². The summed E-state index contributed by atoms with van der Waals surface area (Å²) in [6.07, 6.45) is 8.42. The van der Waals surface area contributed by atoms with Crippen molar-refractivity contribution in [3.63, 3.8) is 0 Å². The predicted octanol–water partition coefficient (Wildman–Crippen LogP) is 1.56. The number of nitrogens with zero attached hydrogens (tertiary/aromatic N) is 4. The average molecular weight is 379 g/mol. The summed E-state index contributed by atoms with van der Waals surface area (Å²) in [5.74, 6) is 0.224. The van der Waals surface area contributed by atoms with Gasteiger partial charge in [-0.2, -0.15) is 0 Å². The first-order valence-electron chi connectivity index (χ1n) is 7.88.